The fourth-order valence-electron chi connectivity index (χ4n) is 1.98. The van der Waals surface area contributed by atoms with E-state index in [0.29, 0.717) is 13.0 Å². The topological polar surface area (TPSA) is 41.1 Å². The molecule has 0 bridgehead atoms. The summed E-state index contributed by atoms with van der Waals surface area (Å²) in [6.45, 7) is 8.89. The van der Waals surface area contributed by atoms with Crippen molar-refractivity contribution in [3.05, 3.63) is 35.4 Å². The molecule has 1 rings (SSSR count). The van der Waals surface area contributed by atoms with E-state index in [1.54, 1.807) is 0 Å². The Morgan fingerprint density at radius 1 is 1.22 bits per heavy atom. The van der Waals surface area contributed by atoms with Crippen LogP contribution in [0.2, 0.25) is 0 Å². The van der Waals surface area contributed by atoms with Crippen LogP contribution >= 0.6 is 0 Å². The molecule has 100 valence electrons. The molecule has 18 heavy (non-hydrogen) atoms. The maximum atomic E-state index is 11.5. The smallest absolute Gasteiger partial charge is 0.221 e. The first kappa shape index (κ1) is 14.7. The fourth-order valence-corrected chi connectivity index (χ4v) is 1.98. The fraction of sp³-hybridized carbons (Fsp3) is 0.533. The van der Waals surface area contributed by atoms with Gasteiger partial charge in [-0.3, -0.25) is 4.79 Å². The van der Waals surface area contributed by atoms with Gasteiger partial charge in [-0.1, -0.05) is 24.3 Å². The zero-order chi connectivity index (χ0) is 13.5. The average molecular weight is 248 g/mol. The molecule has 3 nitrogen and oxygen atoms in total. The summed E-state index contributed by atoms with van der Waals surface area (Å²) in [4.78, 5) is 11.5. The van der Waals surface area contributed by atoms with Crippen molar-refractivity contribution >= 4 is 5.91 Å². The molecule has 0 aromatic heterocycles. The highest BCUT2D eigenvalue weighted by atomic mass is 16.1. The van der Waals surface area contributed by atoms with Gasteiger partial charge >= 0.3 is 0 Å². The molecule has 0 saturated carbocycles. The largest absolute Gasteiger partial charge is 0.354 e. The van der Waals surface area contributed by atoms with Gasteiger partial charge in [0.1, 0.15) is 0 Å². The van der Waals surface area contributed by atoms with Crippen molar-refractivity contribution < 1.29 is 4.79 Å². The Labute approximate surface area is 110 Å². The summed E-state index contributed by atoms with van der Waals surface area (Å²) < 4.78 is 0. The van der Waals surface area contributed by atoms with Crippen molar-refractivity contribution in [2.24, 2.45) is 0 Å². The van der Waals surface area contributed by atoms with Gasteiger partial charge in [-0.15, -0.1) is 0 Å². The third-order valence-corrected chi connectivity index (χ3v) is 2.91. The van der Waals surface area contributed by atoms with Gasteiger partial charge in [0, 0.05) is 25.0 Å². The molecule has 1 amide bonds. The van der Waals surface area contributed by atoms with Crippen LogP contribution in [-0.4, -0.2) is 18.5 Å². The normalized spacial score (nSPS) is 12.5. The Morgan fingerprint density at radius 2 is 1.89 bits per heavy atom. The number of benzene rings is 1. The zero-order valence-corrected chi connectivity index (χ0v) is 11.8. The Kier molecular flexibility index (Phi) is 5.86. The van der Waals surface area contributed by atoms with Gasteiger partial charge in [-0.05, 0) is 38.8 Å². The van der Waals surface area contributed by atoms with E-state index < -0.39 is 0 Å². The summed E-state index contributed by atoms with van der Waals surface area (Å²) in [6, 6.07) is 8.82. The number of amides is 1. The molecule has 0 heterocycles. The minimum Gasteiger partial charge on any atom is -0.354 e. The lowest BCUT2D eigenvalue weighted by molar-refractivity contribution is -0.121. The highest BCUT2D eigenvalue weighted by Gasteiger charge is 2.08. The predicted octanol–water partition coefficient (Wildman–Crippen LogP) is 2.56. The molecular formula is C15H24N2O. The van der Waals surface area contributed by atoms with Gasteiger partial charge < -0.3 is 10.6 Å². The van der Waals surface area contributed by atoms with Crippen LogP contribution in [0, 0.1) is 6.92 Å². The molecule has 1 atom stereocenters. The second-order valence-corrected chi connectivity index (χ2v) is 5.00. The van der Waals surface area contributed by atoms with Gasteiger partial charge in [-0.25, -0.2) is 0 Å². The van der Waals surface area contributed by atoms with E-state index in [1.807, 2.05) is 26.0 Å². The summed E-state index contributed by atoms with van der Waals surface area (Å²) in [5.74, 6) is 0.106. The van der Waals surface area contributed by atoms with Crippen LogP contribution in [0.4, 0.5) is 0 Å². The summed E-state index contributed by atoms with van der Waals surface area (Å²) in [5.41, 5.74) is 2.57. The van der Waals surface area contributed by atoms with E-state index in [2.05, 4.69) is 36.6 Å². The summed E-state index contributed by atoms with van der Waals surface area (Å²) >= 11 is 0. The lowest BCUT2D eigenvalue weighted by Gasteiger charge is -2.16. The van der Waals surface area contributed by atoms with Crippen LogP contribution in [0.25, 0.3) is 0 Å². The van der Waals surface area contributed by atoms with Crippen molar-refractivity contribution in [3.63, 3.8) is 0 Å². The summed E-state index contributed by atoms with van der Waals surface area (Å²) in [7, 11) is 0. The molecule has 0 fully saturated rings. The lowest BCUT2D eigenvalue weighted by Crippen LogP contribution is -2.33. The molecule has 0 saturated heterocycles. The highest BCUT2D eigenvalue weighted by molar-refractivity contribution is 5.76. The number of hydrogen-bond donors (Lipinski definition) is 2. The maximum Gasteiger partial charge on any atom is 0.221 e. The van der Waals surface area contributed by atoms with E-state index in [4.69, 9.17) is 0 Å². The second-order valence-electron chi connectivity index (χ2n) is 5.00. The van der Waals surface area contributed by atoms with Crippen molar-refractivity contribution in [1.29, 1.82) is 0 Å². The minimum atomic E-state index is 0.106. The molecule has 0 radical (unpaired) electrons. The van der Waals surface area contributed by atoms with E-state index in [0.717, 1.165) is 0 Å². The van der Waals surface area contributed by atoms with E-state index in [-0.39, 0.29) is 18.0 Å². The molecule has 1 aromatic carbocycles. The molecule has 1 aromatic rings. The van der Waals surface area contributed by atoms with Crippen molar-refractivity contribution in [2.45, 2.75) is 46.2 Å². The van der Waals surface area contributed by atoms with Crippen molar-refractivity contribution in [3.8, 4) is 0 Å². The van der Waals surface area contributed by atoms with E-state index in [9.17, 15) is 4.79 Å². The Bertz CT molecular complexity index is 388. The van der Waals surface area contributed by atoms with E-state index in [1.165, 1.54) is 11.1 Å². The second kappa shape index (κ2) is 7.17. The van der Waals surface area contributed by atoms with Gasteiger partial charge in [0.2, 0.25) is 5.91 Å². The standard InChI is InChI=1S/C15H24N2O/c1-11(2)17-15(18)9-10-16-13(4)14-8-6-5-7-12(14)3/h5-8,11,13,16H,9-10H2,1-4H3,(H,17,18)/t13-/m1/s1. The van der Waals surface area contributed by atoms with Crippen molar-refractivity contribution in [1.82, 2.24) is 10.6 Å². The van der Waals surface area contributed by atoms with Crippen LogP contribution in [0.5, 0.6) is 0 Å². The van der Waals surface area contributed by atoms with Crippen LogP contribution in [0.3, 0.4) is 0 Å². The maximum absolute atomic E-state index is 11.5. The van der Waals surface area contributed by atoms with Gasteiger partial charge in [0.25, 0.3) is 0 Å². The quantitative estimate of drug-likeness (QED) is 0.812. The van der Waals surface area contributed by atoms with Crippen LogP contribution in [0.1, 0.15) is 44.4 Å². The number of rotatable bonds is 6. The molecule has 0 aliphatic rings. The minimum absolute atomic E-state index is 0.106. The number of nitrogens with one attached hydrogen (secondary N) is 2. The molecule has 0 unspecified atom stereocenters. The third-order valence-electron chi connectivity index (χ3n) is 2.91. The number of aryl methyl sites for hydroxylation is 1. The highest BCUT2D eigenvalue weighted by Crippen LogP contribution is 2.16. The monoisotopic (exact) mass is 248 g/mol. The summed E-state index contributed by atoms with van der Waals surface area (Å²) in [6.07, 6.45) is 0.522. The van der Waals surface area contributed by atoms with Gasteiger partial charge in [-0.2, -0.15) is 0 Å². The third kappa shape index (κ3) is 4.88. The molecule has 0 aliphatic heterocycles. The Morgan fingerprint density at radius 3 is 2.50 bits per heavy atom. The molecule has 0 spiro atoms. The molecule has 0 aliphatic carbocycles. The first-order valence-electron chi connectivity index (χ1n) is 6.59. The number of hydrogen-bond acceptors (Lipinski definition) is 2. The molecular weight excluding hydrogens is 224 g/mol. The average Bonchev–Trinajstić information content (AvgIpc) is 2.28. The number of carbonyl (C=O) groups excluding carboxylic acids is 1. The van der Waals surface area contributed by atoms with Crippen LogP contribution < -0.4 is 10.6 Å². The van der Waals surface area contributed by atoms with Crippen LogP contribution in [-0.2, 0) is 4.79 Å². The zero-order valence-electron chi connectivity index (χ0n) is 11.8. The van der Waals surface area contributed by atoms with Gasteiger partial charge in [0.15, 0.2) is 0 Å². The summed E-state index contributed by atoms with van der Waals surface area (Å²) in [5, 5.41) is 6.27. The predicted molar refractivity (Wildman–Crippen MR) is 75.5 cm³/mol. The molecule has 3 heteroatoms. The first-order chi connectivity index (χ1) is 8.50. The molecule has 2 N–H and O–H groups in total. The SMILES string of the molecule is Cc1ccccc1[C@@H](C)NCCC(=O)NC(C)C. The first-order valence-corrected chi connectivity index (χ1v) is 6.59. The van der Waals surface area contributed by atoms with Gasteiger partial charge in [0.05, 0.1) is 0 Å². The Hall–Kier alpha value is -1.35. The lowest BCUT2D eigenvalue weighted by atomic mass is 10.0. The number of carbonyl (C=O) groups is 1. The van der Waals surface area contributed by atoms with Crippen LogP contribution in [0.15, 0.2) is 24.3 Å². The van der Waals surface area contributed by atoms with Crippen molar-refractivity contribution in [2.75, 3.05) is 6.54 Å². The van der Waals surface area contributed by atoms with E-state index >= 15 is 0 Å². The Balaban J connectivity index is 2.36.